The van der Waals surface area contributed by atoms with E-state index < -0.39 is 12.1 Å². The molecule has 0 radical (unpaired) electrons. The molecular weight excluding hydrogens is 214 g/mol. The fourth-order valence-corrected chi connectivity index (χ4v) is 1.43. The average molecular weight is 241 g/mol. The molecule has 3 heteroatoms. The van der Waals surface area contributed by atoms with Gasteiger partial charge in [0.25, 0.3) is 0 Å². The Morgan fingerprint density at radius 1 is 1.06 bits per heavy atom. The number of allylic oxidation sites excluding steroid dienone is 3. The van der Waals surface area contributed by atoms with Crippen molar-refractivity contribution >= 4 is 0 Å². The van der Waals surface area contributed by atoms with Crippen molar-refractivity contribution in [2.24, 2.45) is 5.73 Å². The first-order valence-electron chi connectivity index (χ1n) is 6.58. The Bertz CT molecular complexity index is 214. The third-order valence-electron chi connectivity index (χ3n) is 2.62. The molecule has 0 aromatic rings. The molecule has 0 aliphatic heterocycles. The molecule has 0 rings (SSSR count). The summed E-state index contributed by atoms with van der Waals surface area (Å²) in [5, 5.41) is 18.1. The van der Waals surface area contributed by atoms with Gasteiger partial charge >= 0.3 is 0 Å². The summed E-state index contributed by atoms with van der Waals surface area (Å²) in [6, 6.07) is -0.573. The number of nitrogens with two attached hydrogens (primary N) is 1. The van der Waals surface area contributed by atoms with Crippen LogP contribution in [0.25, 0.3) is 0 Å². The van der Waals surface area contributed by atoms with Crippen LogP contribution in [0.4, 0.5) is 0 Å². The molecule has 100 valence electrons. The lowest BCUT2D eigenvalue weighted by atomic mass is 10.1. The van der Waals surface area contributed by atoms with Gasteiger partial charge < -0.3 is 15.9 Å². The fraction of sp³-hybridized carbons (Fsp3) is 0.714. The van der Waals surface area contributed by atoms with Crippen LogP contribution >= 0.6 is 0 Å². The van der Waals surface area contributed by atoms with Crippen molar-refractivity contribution in [3.8, 4) is 0 Å². The highest BCUT2D eigenvalue weighted by Gasteiger charge is 2.08. The second kappa shape index (κ2) is 11.8. The van der Waals surface area contributed by atoms with Crippen molar-refractivity contribution < 1.29 is 10.2 Å². The van der Waals surface area contributed by atoms with E-state index in [1.807, 2.05) is 6.08 Å². The van der Waals surface area contributed by atoms with Crippen LogP contribution in [-0.2, 0) is 0 Å². The van der Waals surface area contributed by atoms with Gasteiger partial charge in [0.05, 0.1) is 18.8 Å². The molecule has 0 spiro atoms. The van der Waals surface area contributed by atoms with Crippen LogP contribution in [0.1, 0.15) is 45.4 Å². The summed E-state index contributed by atoms with van der Waals surface area (Å²) in [5.74, 6) is 0. The number of aliphatic hydroxyl groups is 2. The van der Waals surface area contributed by atoms with Crippen molar-refractivity contribution in [1.82, 2.24) is 0 Å². The molecule has 0 aliphatic carbocycles. The normalized spacial score (nSPS) is 15.8. The van der Waals surface area contributed by atoms with Crippen LogP contribution in [0.2, 0.25) is 0 Å². The van der Waals surface area contributed by atoms with E-state index in [-0.39, 0.29) is 6.61 Å². The van der Waals surface area contributed by atoms with E-state index >= 15 is 0 Å². The Kier molecular flexibility index (Phi) is 11.4. The molecule has 0 amide bonds. The molecule has 17 heavy (non-hydrogen) atoms. The summed E-state index contributed by atoms with van der Waals surface area (Å²) in [5.41, 5.74) is 5.46. The number of aliphatic hydroxyl groups excluding tert-OH is 2. The van der Waals surface area contributed by atoms with E-state index in [0.29, 0.717) is 0 Å². The molecule has 0 heterocycles. The van der Waals surface area contributed by atoms with Gasteiger partial charge in [-0.15, -0.1) is 0 Å². The maximum atomic E-state index is 9.43. The maximum Gasteiger partial charge on any atom is 0.0894 e. The van der Waals surface area contributed by atoms with Crippen LogP contribution < -0.4 is 5.73 Å². The van der Waals surface area contributed by atoms with Crippen molar-refractivity contribution in [3.63, 3.8) is 0 Å². The molecule has 0 aliphatic rings. The van der Waals surface area contributed by atoms with Crippen LogP contribution in [0, 0.1) is 0 Å². The second-order valence-corrected chi connectivity index (χ2v) is 4.31. The summed E-state index contributed by atoms with van der Waals surface area (Å²) in [6.07, 6.45) is 14.1. The van der Waals surface area contributed by atoms with Gasteiger partial charge in [-0.25, -0.2) is 0 Å². The zero-order chi connectivity index (χ0) is 12.9. The molecule has 0 fully saturated rings. The molecule has 0 unspecified atom stereocenters. The van der Waals surface area contributed by atoms with E-state index in [9.17, 15) is 5.11 Å². The second-order valence-electron chi connectivity index (χ2n) is 4.31. The van der Waals surface area contributed by atoms with Gasteiger partial charge in [-0.05, 0) is 25.7 Å². The summed E-state index contributed by atoms with van der Waals surface area (Å²) >= 11 is 0. The Morgan fingerprint density at radius 2 is 1.71 bits per heavy atom. The Morgan fingerprint density at radius 3 is 2.35 bits per heavy atom. The molecule has 0 bridgehead atoms. The smallest absolute Gasteiger partial charge is 0.0894 e. The molecule has 3 nitrogen and oxygen atoms in total. The predicted octanol–water partition coefficient (Wildman–Crippen LogP) is 2.14. The fourth-order valence-electron chi connectivity index (χ4n) is 1.43. The van der Waals surface area contributed by atoms with Crippen molar-refractivity contribution in [1.29, 1.82) is 0 Å². The zero-order valence-electron chi connectivity index (χ0n) is 10.9. The van der Waals surface area contributed by atoms with E-state index in [1.54, 1.807) is 6.08 Å². The molecule has 0 saturated carbocycles. The van der Waals surface area contributed by atoms with Crippen LogP contribution in [0.3, 0.4) is 0 Å². The van der Waals surface area contributed by atoms with Crippen molar-refractivity contribution in [3.05, 3.63) is 24.3 Å². The van der Waals surface area contributed by atoms with Crippen LogP contribution in [-0.4, -0.2) is 29.0 Å². The number of unbranched alkanes of at least 4 members (excludes halogenated alkanes) is 4. The molecule has 4 N–H and O–H groups in total. The van der Waals surface area contributed by atoms with Gasteiger partial charge in [0.15, 0.2) is 0 Å². The average Bonchev–Trinajstić information content (AvgIpc) is 2.35. The minimum atomic E-state index is -0.742. The first-order chi connectivity index (χ1) is 8.22. The standard InChI is InChI=1S/C14H27NO2/c1-2-3-4-5-6-7-8-9-10-11-14(17)13(15)12-16/h6-7,10-11,13-14,16-17H,2-5,8-9,12,15H2,1H3/b7-6+,11-10+/t13-,14+/m0/s1. The van der Waals surface area contributed by atoms with Gasteiger partial charge in [0, 0.05) is 0 Å². The Hall–Kier alpha value is -0.640. The van der Waals surface area contributed by atoms with Crippen molar-refractivity contribution in [2.75, 3.05) is 6.61 Å². The first-order valence-corrected chi connectivity index (χ1v) is 6.58. The highest BCUT2D eigenvalue weighted by molar-refractivity contribution is 4.95. The molecule has 0 aromatic carbocycles. The molecule has 0 aromatic heterocycles. The monoisotopic (exact) mass is 241 g/mol. The number of hydrogen-bond donors (Lipinski definition) is 3. The van der Waals surface area contributed by atoms with Gasteiger partial charge in [-0.2, -0.15) is 0 Å². The largest absolute Gasteiger partial charge is 0.395 e. The lowest BCUT2D eigenvalue weighted by Crippen LogP contribution is -2.36. The third-order valence-corrected chi connectivity index (χ3v) is 2.62. The third kappa shape index (κ3) is 10.2. The SMILES string of the molecule is CCCCC/C=C/CC/C=C/[C@@H](O)[C@@H](N)CO. The van der Waals surface area contributed by atoms with Gasteiger partial charge in [-0.1, -0.05) is 44.1 Å². The summed E-state index contributed by atoms with van der Waals surface area (Å²) in [4.78, 5) is 0. The quantitative estimate of drug-likeness (QED) is 0.405. The van der Waals surface area contributed by atoms with Crippen LogP contribution in [0.15, 0.2) is 24.3 Å². The minimum Gasteiger partial charge on any atom is -0.395 e. The van der Waals surface area contributed by atoms with Crippen molar-refractivity contribution in [2.45, 2.75) is 57.6 Å². The lowest BCUT2D eigenvalue weighted by molar-refractivity contribution is 0.144. The summed E-state index contributed by atoms with van der Waals surface area (Å²) < 4.78 is 0. The summed E-state index contributed by atoms with van der Waals surface area (Å²) in [6.45, 7) is 2.01. The molecule has 0 saturated heterocycles. The van der Waals surface area contributed by atoms with Gasteiger partial charge in [0.2, 0.25) is 0 Å². The van der Waals surface area contributed by atoms with Crippen LogP contribution in [0.5, 0.6) is 0 Å². The van der Waals surface area contributed by atoms with E-state index in [1.165, 1.54) is 19.3 Å². The van der Waals surface area contributed by atoms with E-state index in [0.717, 1.165) is 19.3 Å². The lowest BCUT2D eigenvalue weighted by Gasteiger charge is -2.11. The predicted molar refractivity (Wildman–Crippen MR) is 72.7 cm³/mol. The first kappa shape index (κ1) is 16.4. The zero-order valence-corrected chi connectivity index (χ0v) is 10.9. The Labute approximate surface area is 105 Å². The van der Waals surface area contributed by atoms with Gasteiger partial charge in [-0.3, -0.25) is 0 Å². The highest BCUT2D eigenvalue weighted by Crippen LogP contribution is 2.02. The Balaban J connectivity index is 3.46. The summed E-state index contributed by atoms with van der Waals surface area (Å²) in [7, 11) is 0. The maximum absolute atomic E-state index is 9.43. The van der Waals surface area contributed by atoms with E-state index in [2.05, 4.69) is 19.1 Å². The number of rotatable bonds is 10. The van der Waals surface area contributed by atoms with Gasteiger partial charge in [0.1, 0.15) is 0 Å². The topological polar surface area (TPSA) is 66.5 Å². The molecule has 2 atom stereocenters. The van der Waals surface area contributed by atoms with E-state index in [4.69, 9.17) is 10.8 Å². The highest BCUT2D eigenvalue weighted by atomic mass is 16.3. The minimum absolute atomic E-state index is 0.192. The number of hydrogen-bond acceptors (Lipinski definition) is 3. The molecular formula is C14H27NO2.